The van der Waals surface area contributed by atoms with Gasteiger partial charge in [0.05, 0.1) is 11.4 Å². The Kier molecular flexibility index (Phi) is 5.39. The van der Waals surface area contributed by atoms with Gasteiger partial charge in [-0.25, -0.2) is 4.39 Å². The summed E-state index contributed by atoms with van der Waals surface area (Å²) in [5.41, 5.74) is 0.307. The maximum absolute atomic E-state index is 14.1. The molecular weight excluding hydrogens is 363 g/mol. The predicted octanol–water partition coefficient (Wildman–Crippen LogP) is 3.85. The summed E-state index contributed by atoms with van der Waals surface area (Å²) in [6.45, 7) is 1.75. The second-order valence-corrected chi connectivity index (χ2v) is 7.42. The van der Waals surface area contributed by atoms with Crippen LogP contribution in [0.3, 0.4) is 0 Å². The van der Waals surface area contributed by atoms with Gasteiger partial charge in [-0.1, -0.05) is 23.7 Å². The summed E-state index contributed by atoms with van der Waals surface area (Å²) in [6, 6.07) is 7.34. The summed E-state index contributed by atoms with van der Waals surface area (Å²) in [4.78, 5) is 27.1. The van der Waals surface area contributed by atoms with Crippen LogP contribution in [0.2, 0.25) is 5.02 Å². The maximum Gasteiger partial charge on any atom is 0.261 e. The van der Waals surface area contributed by atoms with E-state index in [1.54, 1.807) is 35.4 Å². The van der Waals surface area contributed by atoms with Crippen LogP contribution < -0.4 is 5.32 Å². The third-order valence-electron chi connectivity index (χ3n) is 4.12. The van der Waals surface area contributed by atoms with Gasteiger partial charge >= 0.3 is 0 Å². The monoisotopic (exact) mass is 380 g/mol. The minimum absolute atomic E-state index is 0.0734. The number of rotatable bonds is 6. The number of benzene rings is 1. The SMILES string of the molecule is CC(NC(=O)c1cccs1)C(=O)N(Cc1c(F)cccc1Cl)C1CC1. The molecule has 1 saturated carbocycles. The van der Waals surface area contributed by atoms with Crippen molar-refractivity contribution in [1.29, 1.82) is 0 Å². The van der Waals surface area contributed by atoms with Gasteiger partial charge in [0.25, 0.3) is 5.91 Å². The van der Waals surface area contributed by atoms with E-state index < -0.39 is 11.9 Å². The zero-order valence-electron chi connectivity index (χ0n) is 13.7. The Bertz CT molecular complexity index is 757. The van der Waals surface area contributed by atoms with Crippen LogP contribution in [0, 0.1) is 5.82 Å². The van der Waals surface area contributed by atoms with Gasteiger partial charge in [0, 0.05) is 16.6 Å². The van der Waals surface area contributed by atoms with Crippen molar-refractivity contribution in [1.82, 2.24) is 10.2 Å². The molecule has 0 spiro atoms. The molecule has 1 unspecified atom stereocenters. The fourth-order valence-electron chi connectivity index (χ4n) is 2.61. The third kappa shape index (κ3) is 4.19. The number of nitrogens with one attached hydrogen (secondary N) is 1. The lowest BCUT2D eigenvalue weighted by molar-refractivity contribution is -0.134. The molecule has 1 heterocycles. The van der Waals surface area contributed by atoms with Crippen LogP contribution in [0.5, 0.6) is 0 Å². The van der Waals surface area contributed by atoms with Gasteiger partial charge < -0.3 is 10.2 Å². The molecule has 3 rings (SSSR count). The fraction of sp³-hybridized carbons (Fsp3) is 0.333. The molecule has 0 radical (unpaired) electrons. The van der Waals surface area contributed by atoms with Crippen LogP contribution in [0.1, 0.15) is 35.0 Å². The van der Waals surface area contributed by atoms with E-state index in [1.807, 2.05) is 0 Å². The molecule has 1 aromatic heterocycles. The molecule has 1 aliphatic rings. The van der Waals surface area contributed by atoms with Gasteiger partial charge in [0.1, 0.15) is 11.9 Å². The van der Waals surface area contributed by atoms with Crippen molar-refractivity contribution in [2.45, 2.75) is 38.4 Å². The second kappa shape index (κ2) is 7.54. The lowest BCUT2D eigenvalue weighted by atomic mass is 10.1. The molecule has 0 aliphatic heterocycles. The third-order valence-corrected chi connectivity index (χ3v) is 5.35. The van der Waals surface area contributed by atoms with Crippen molar-refractivity contribution in [2.24, 2.45) is 0 Å². The van der Waals surface area contributed by atoms with Crippen LogP contribution in [-0.4, -0.2) is 28.8 Å². The predicted molar refractivity (Wildman–Crippen MR) is 96.2 cm³/mol. The molecule has 1 N–H and O–H groups in total. The molecule has 1 aliphatic carbocycles. The van der Waals surface area contributed by atoms with Gasteiger partial charge in [-0.05, 0) is 43.3 Å². The Labute approximate surface area is 154 Å². The number of hydrogen-bond donors (Lipinski definition) is 1. The first-order chi connectivity index (χ1) is 12.0. The first kappa shape index (κ1) is 17.9. The molecule has 1 fully saturated rings. The second-order valence-electron chi connectivity index (χ2n) is 6.07. The average molecular weight is 381 g/mol. The molecule has 1 atom stereocenters. The van der Waals surface area contributed by atoms with Crippen LogP contribution in [0.4, 0.5) is 4.39 Å². The number of halogens is 2. The fourth-order valence-corrected chi connectivity index (χ4v) is 3.46. The summed E-state index contributed by atoms with van der Waals surface area (Å²) in [5.74, 6) is -0.941. The van der Waals surface area contributed by atoms with Crippen LogP contribution in [0.15, 0.2) is 35.7 Å². The zero-order valence-corrected chi connectivity index (χ0v) is 15.2. The summed E-state index contributed by atoms with van der Waals surface area (Å²) >= 11 is 7.40. The van der Waals surface area contributed by atoms with Crippen molar-refractivity contribution >= 4 is 34.8 Å². The van der Waals surface area contributed by atoms with Crippen molar-refractivity contribution in [3.63, 3.8) is 0 Å². The normalized spacial score (nSPS) is 14.8. The van der Waals surface area contributed by atoms with Gasteiger partial charge in [-0.3, -0.25) is 9.59 Å². The highest BCUT2D eigenvalue weighted by Crippen LogP contribution is 2.31. The summed E-state index contributed by atoms with van der Waals surface area (Å²) in [7, 11) is 0. The highest BCUT2D eigenvalue weighted by molar-refractivity contribution is 7.12. The molecule has 0 bridgehead atoms. The molecule has 7 heteroatoms. The Morgan fingerprint density at radius 3 is 2.72 bits per heavy atom. The Balaban J connectivity index is 1.72. The van der Waals surface area contributed by atoms with E-state index in [0.717, 1.165) is 12.8 Å². The van der Waals surface area contributed by atoms with Gasteiger partial charge in [0.2, 0.25) is 5.91 Å². The van der Waals surface area contributed by atoms with Crippen LogP contribution in [-0.2, 0) is 11.3 Å². The average Bonchev–Trinajstić information content (AvgIpc) is 3.26. The molecule has 25 heavy (non-hydrogen) atoms. The minimum atomic E-state index is -0.694. The molecule has 2 amide bonds. The Morgan fingerprint density at radius 2 is 2.12 bits per heavy atom. The number of amides is 2. The summed E-state index contributed by atoms with van der Waals surface area (Å²) < 4.78 is 14.1. The largest absolute Gasteiger partial charge is 0.340 e. The number of nitrogens with zero attached hydrogens (tertiary/aromatic N) is 1. The first-order valence-electron chi connectivity index (χ1n) is 8.05. The lowest BCUT2D eigenvalue weighted by Crippen LogP contribution is -2.47. The van der Waals surface area contributed by atoms with E-state index in [2.05, 4.69) is 5.32 Å². The van der Waals surface area contributed by atoms with E-state index in [4.69, 9.17) is 11.6 Å². The maximum atomic E-state index is 14.1. The topological polar surface area (TPSA) is 49.4 Å². The molecular formula is C18H18ClFN2O2S. The Hall–Kier alpha value is -1.92. The van der Waals surface area contributed by atoms with E-state index >= 15 is 0 Å². The van der Waals surface area contributed by atoms with Crippen molar-refractivity contribution in [3.8, 4) is 0 Å². The molecule has 0 saturated heterocycles. The van der Waals surface area contributed by atoms with E-state index in [9.17, 15) is 14.0 Å². The number of thiophene rings is 1. The van der Waals surface area contributed by atoms with E-state index in [0.29, 0.717) is 15.5 Å². The Morgan fingerprint density at radius 1 is 1.36 bits per heavy atom. The standard InChI is InChI=1S/C18H18ClFN2O2S/c1-11(21-17(23)16-6-3-9-25-16)18(24)22(12-7-8-12)10-13-14(19)4-2-5-15(13)20/h2-6,9,11-12H,7-8,10H2,1H3,(H,21,23). The molecule has 1 aromatic carbocycles. The van der Waals surface area contributed by atoms with Crippen molar-refractivity contribution in [3.05, 3.63) is 57.0 Å². The quantitative estimate of drug-likeness (QED) is 0.827. The summed E-state index contributed by atoms with van der Waals surface area (Å²) in [5, 5.41) is 4.82. The van der Waals surface area contributed by atoms with E-state index in [1.165, 1.54) is 23.5 Å². The van der Waals surface area contributed by atoms with Gasteiger partial charge in [0.15, 0.2) is 0 Å². The highest BCUT2D eigenvalue weighted by atomic mass is 35.5. The van der Waals surface area contributed by atoms with Crippen LogP contribution in [0.25, 0.3) is 0 Å². The number of carbonyl (C=O) groups excluding carboxylic acids is 2. The van der Waals surface area contributed by atoms with Crippen molar-refractivity contribution < 1.29 is 14.0 Å². The lowest BCUT2D eigenvalue weighted by Gasteiger charge is -2.26. The number of carbonyl (C=O) groups is 2. The molecule has 2 aromatic rings. The van der Waals surface area contributed by atoms with Gasteiger partial charge in [-0.15, -0.1) is 11.3 Å². The first-order valence-corrected chi connectivity index (χ1v) is 9.31. The minimum Gasteiger partial charge on any atom is -0.340 e. The summed E-state index contributed by atoms with van der Waals surface area (Å²) in [6.07, 6.45) is 1.76. The van der Waals surface area contributed by atoms with Crippen LogP contribution >= 0.6 is 22.9 Å². The molecule has 4 nitrogen and oxygen atoms in total. The van der Waals surface area contributed by atoms with E-state index in [-0.39, 0.29) is 24.4 Å². The number of hydrogen-bond acceptors (Lipinski definition) is 3. The smallest absolute Gasteiger partial charge is 0.261 e. The van der Waals surface area contributed by atoms with Crippen molar-refractivity contribution in [2.75, 3.05) is 0 Å². The zero-order chi connectivity index (χ0) is 18.0. The highest BCUT2D eigenvalue weighted by Gasteiger charge is 2.35. The molecule has 132 valence electrons. The van der Waals surface area contributed by atoms with Gasteiger partial charge in [-0.2, -0.15) is 0 Å².